The monoisotopic (exact) mass is 688 g/mol. The second-order valence-electron chi connectivity index (χ2n) is 12.4. The first-order chi connectivity index (χ1) is 23.8. The van der Waals surface area contributed by atoms with Gasteiger partial charge in [-0.3, -0.25) is 29.4 Å². The van der Waals surface area contributed by atoms with E-state index < -0.39 is 57.9 Å². The average Bonchev–Trinajstić information content (AvgIpc) is 3.31. The SMILES string of the molecule is C[C@@H](O)[C@H]1C(=O)N2C(C(=O)OC(=O)c3ccc([N+](=O)[O-])cc3)=C(CN(C)CC(=O)CCc3cc(=O)c(O)cn3OCc3ccccc3)[C@H](C)[C@H]12. The number of aromatic nitrogens is 1. The molecule has 0 unspecified atom stereocenters. The number of amides is 1. The number of Topliss-reactive ketones (excluding diaryl/α,β-unsaturated/α-hetero) is 1. The van der Waals surface area contributed by atoms with Crippen LogP contribution in [-0.2, 0) is 32.1 Å². The molecule has 1 amide bonds. The van der Waals surface area contributed by atoms with E-state index >= 15 is 0 Å². The fourth-order valence-electron chi connectivity index (χ4n) is 6.31. The van der Waals surface area contributed by atoms with Crippen LogP contribution in [0, 0.1) is 22.0 Å². The zero-order valence-electron chi connectivity index (χ0n) is 27.6. The highest BCUT2D eigenvalue weighted by Gasteiger charge is 2.60. The molecule has 4 atom stereocenters. The van der Waals surface area contributed by atoms with Gasteiger partial charge in [0, 0.05) is 37.1 Å². The number of nitro benzene ring substituents is 1. The number of carbonyl (C=O) groups is 4. The largest absolute Gasteiger partial charge is 0.503 e. The Bertz CT molecular complexity index is 1900. The number of non-ortho nitro benzene ring substituents is 1. The first kappa shape index (κ1) is 35.6. The fourth-order valence-corrected chi connectivity index (χ4v) is 6.31. The lowest BCUT2D eigenvalue weighted by atomic mass is 9.77. The van der Waals surface area contributed by atoms with Crippen molar-refractivity contribution in [3.05, 3.63) is 115 Å². The van der Waals surface area contributed by atoms with Crippen LogP contribution in [0.15, 0.2) is 82.9 Å². The Morgan fingerprint density at radius 3 is 2.38 bits per heavy atom. The highest BCUT2D eigenvalue weighted by atomic mass is 16.7. The molecule has 0 aliphatic carbocycles. The van der Waals surface area contributed by atoms with Crippen molar-refractivity contribution < 1.29 is 43.9 Å². The van der Waals surface area contributed by atoms with Crippen LogP contribution in [0.25, 0.3) is 0 Å². The van der Waals surface area contributed by atoms with Crippen LogP contribution in [0.4, 0.5) is 5.69 Å². The van der Waals surface area contributed by atoms with Crippen molar-refractivity contribution in [2.24, 2.45) is 11.8 Å². The highest BCUT2D eigenvalue weighted by Crippen LogP contribution is 2.47. The van der Waals surface area contributed by atoms with Gasteiger partial charge in [0.1, 0.15) is 18.1 Å². The molecular weight excluding hydrogens is 652 g/mol. The lowest BCUT2D eigenvalue weighted by Crippen LogP contribution is -2.63. The second-order valence-corrected chi connectivity index (χ2v) is 12.4. The minimum absolute atomic E-state index is 0.00777. The standard InChI is InChI=1S/C35H36N4O11/c1-20-27(17-36(3)16-26(41)14-13-25-15-28(42)29(43)18-37(25)49-19-22-7-5-4-6-8-22)32(38-31(20)30(21(2)40)33(38)44)35(46)50-34(45)23-9-11-24(12-10-23)39(47)48/h4-12,15,18,20-21,30-31,40,43H,13-14,16-17,19H2,1-3H3/t20-,21+,30+,31+/m0/s1. The summed E-state index contributed by atoms with van der Waals surface area (Å²) in [5.74, 6) is -4.61. The van der Waals surface area contributed by atoms with Crippen LogP contribution >= 0.6 is 0 Å². The number of aliphatic hydroxyl groups excluding tert-OH is 1. The number of aryl methyl sites for hydroxylation is 1. The van der Waals surface area contributed by atoms with E-state index in [2.05, 4.69) is 0 Å². The molecule has 1 fully saturated rings. The molecule has 15 nitrogen and oxygen atoms in total. The van der Waals surface area contributed by atoms with Crippen LogP contribution in [0.5, 0.6) is 5.75 Å². The average molecular weight is 689 g/mol. The van der Waals surface area contributed by atoms with Gasteiger partial charge in [-0.05, 0) is 43.7 Å². The summed E-state index contributed by atoms with van der Waals surface area (Å²) in [5.41, 5.74) is 0.529. The number of ether oxygens (including phenoxy) is 1. The number of benzene rings is 2. The molecule has 1 aromatic heterocycles. The van der Waals surface area contributed by atoms with Gasteiger partial charge in [-0.2, -0.15) is 4.73 Å². The number of ketones is 1. The van der Waals surface area contributed by atoms with Crippen molar-refractivity contribution in [1.29, 1.82) is 0 Å². The number of carbonyl (C=O) groups excluding carboxylic acids is 4. The molecule has 3 aromatic rings. The van der Waals surface area contributed by atoms with Gasteiger partial charge >= 0.3 is 11.9 Å². The lowest BCUT2D eigenvalue weighted by molar-refractivity contribution is -0.384. The van der Waals surface area contributed by atoms with E-state index in [1.807, 2.05) is 30.3 Å². The van der Waals surface area contributed by atoms with Gasteiger partial charge in [-0.15, -0.1) is 0 Å². The molecule has 262 valence electrons. The Morgan fingerprint density at radius 1 is 1.06 bits per heavy atom. The van der Waals surface area contributed by atoms with Crippen LogP contribution in [0.2, 0.25) is 0 Å². The number of nitrogens with zero attached hydrogens (tertiary/aromatic N) is 4. The first-order valence-corrected chi connectivity index (χ1v) is 15.8. The topological polar surface area (TPSA) is 199 Å². The second kappa shape index (κ2) is 14.8. The zero-order chi connectivity index (χ0) is 36.3. The maximum absolute atomic E-state index is 13.5. The Kier molecular flexibility index (Phi) is 10.6. The van der Waals surface area contributed by atoms with E-state index in [-0.39, 0.29) is 55.3 Å². The Balaban J connectivity index is 1.28. The minimum Gasteiger partial charge on any atom is -0.503 e. The highest BCUT2D eigenvalue weighted by molar-refractivity contribution is 6.06. The van der Waals surface area contributed by atoms with Crippen LogP contribution < -0.4 is 10.3 Å². The molecule has 2 aliphatic rings. The number of pyridine rings is 1. The van der Waals surface area contributed by atoms with Gasteiger partial charge < -0.3 is 24.7 Å². The number of rotatable bonds is 14. The molecule has 0 radical (unpaired) electrons. The van der Waals surface area contributed by atoms with Crippen molar-refractivity contribution >= 4 is 29.3 Å². The molecule has 3 heterocycles. The lowest BCUT2D eigenvalue weighted by Gasteiger charge is -2.46. The molecule has 0 saturated carbocycles. The summed E-state index contributed by atoms with van der Waals surface area (Å²) >= 11 is 0. The van der Waals surface area contributed by atoms with Crippen LogP contribution in [0.1, 0.15) is 41.9 Å². The first-order valence-electron chi connectivity index (χ1n) is 15.8. The van der Waals surface area contributed by atoms with E-state index in [0.29, 0.717) is 11.3 Å². The number of aliphatic hydroxyl groups is 1. The molecular formula is C35H36N4O11. The van der Waals surface area contributed by atoms with Crippen molar-refractivity contribution in [2.75, 3.05) is 20.1 Å². The van der Waals surface area contributed by atoms with E-state index in [9.17, 15) is 44.3 Å². The van der Waals surface area contributed by atoms with E-state index in [0.717, 1.165) is 36.0 Å². The van der Waals surface area contributed by atoms with Crippen LogP contribution in [-0.4, -0.2) is 85.6 Å². The molecule has 0 bridgehead atoms. The van der Waals surface area contributed by atoms with Gasteiger partial charge in [-0.25, -0.2) is 9.59 Å². The predicted octanol–water partition coefficient (Wildman–Crippen LogP) is 2.02. The van der Waals surface area contributed by atoms with Gasteiger partial charge in [0.25, 0.3) is 5.69 Å². The van der Waals surface area contributed by atoms with E-state index in [1.165, 1.54) is 22.6 Å². The molecule has 2 N–H and O–H groups in total. The normalized spacial score (nSPS) is 18.8. The molecule has 5 rings (SSSR count). The predicted molar refractivity (Wildman–Crippen MR) is 175 cm³/mol. The molecule has 1 saturated heterocycles. The maximum Gasteiger partial charge on any atom is 0.362 e. The summed E-state index contributed by atoms with van der Waals surface area (Å²) in [5, 5.41) is 31.2. The molecule has 2 aromatic carbocycles. The summed E-state index contributed by atoms with van der Waals surface area (Å²) in [6.45, 7) is 3.38. The van der Waals surface area contributed by atoms with Crippen molar-refractivity contribution in [3.63, 3.8) is 0 Å². The molecule has 50 heavy (non-hydrogen) atoms. The molecule has 0 spiro atoms. The summed E-state index contributed by atoms with van der Waals surface area (Å²) < 4.78 is 6.38. The Morgan fingerprint density at radius 2 is 1.74 bits per heavy atom. The number of hydrogen-bond donors (Lipinski definition) is 2. The number of aromatic hydroxyl groups is 1. The van der Waals surface area contributed by atoms with Gasteiger partial charge in [0.05, 0.1) is 47.0 Å². The number of likely N-dealkylation sites (N-methyl/N-ethyl adjacent to an activating group) is 1. The number of nitro groups is 1. The third kappa shape index (κ3) is 7.48. The smallest absolute Gasteiger partial charge is 0.362 e. The van der Waals surface area contributed by atoms with Crippen molar-refractivity contribution in [1.82, 2.24) is 14.5 Å². The number of β-lactam (4-membered cyclic amide) rings is 1. The zero-order valence-corrected chi connectivity index (χ0v) is 27.6. The maximum atomic E-state index is 13.5. The van der Waals surface area contributed by atoms with Gasteiger partial charge in [-0.1, -0.05) is 37.3 Å². The summed E-state index contributed by atoms with van der Waals surface area (Å²) in [7, 11) is 1.64. The van der Waals surface area contributed by atoms with E-state index in [4.69, 9.17) is 9.57 Å². The van der Waals surface area contributed by atoms with Gasteiger partial charge in [0.2, 0.25) is 11.3 Å². The minimum atomic E-state index is -1.10. The number of hydrogen-bond acceptors (Lipinski definition) is 12. The van der Waals surface area contributed by atoms with Crippen molar-refractivity contribution in [2.45, 2.75) is 45.4 Å². The third-order valence-electron chi connectivity index (χ3n) is 8.84. The molecule has 15 heteroatoms. The summed E-state index contributed by atoms with van der Waals surface area (Å²) in [6.07, 6.45) is 0.286. The fraction of sp³-hybridized carbons (Fsp3) is 0.343. The number of fused-ring (bicyclic) bond motifs is 1. The van der Waals surface area contributed by atoms with E-state index in [1.54, 1.807) is 18.9 Å². The van der Waals surface area contributed by atoms with Crippen LogP contribution in [0.3, 0.4) is 0 Å². The van der Waals surface area contributed by atoms with Crippen molar-refractivity contribution in [3.8, 4) is 5.75 Å². The summed E-state index contributed by atoms with van der Waals surface area (Å²) in [6, 6.07) is 14.4. The number of esters is 2. The molecule has 2 aliphatic heterocycles. The Labute approximate surface area is 286 Å². The Hall–Kier alpha value is -5.67. The summed E-state index contributed by atoms with van der Waals surface area (Å²) in [4.78, 5) is 83.6. The van der Waals surface area contributed by atoms with Gasteiger partial charge in [0.15, 0.2) is 5.75 Å². The quantitative estimate of drug-likeness (QED) is 0.0823. The third-order valence-corrected chi connectivity index (χ3v) is 8.84.